The molecule has 8 heteroatoms. The number of benzene rings is 2. The Labute approximate surface area is 234 Å². The van der Waals surface area contributed by atoms with Crippen LogP contribution in [0.3, 0.4) is 0 Å². The van der Waals surface area contributed by atoms with Gasteiger partial charge < -0.3 is 24.2 Å². The second-order valence-electron chi connectivity index (χ2n) is 10.1. The molecule has 208 valence electrons. The largest absolute Gasteiger partial charge is 0.507 e. The van der Waals surface area contributed by atoms with Gasteiger partial charge in [0.25, 0.3) is 11.7 Å². The van der Waals surface area contributed by atoms with Gasteiger partial charge in [0.1, 0.15) is 17.6 Å². The third kappa shape index (κ3) is 5.39. The van der Waals surface area contributed by atoms with Crippen LogP contribution in [0.1, 0.15) is 61.9 Å². The van der Waals surface area contributed by atoms with E-state index in [0.29, 0.717) is 42.3 Å². The van der Waals surface area contributed by atoms with Crippen molar-refractivity contribution in [1.82, 2.24) is 9.88 Å². The van der Waals surface area contributed by atoms with Crippen molar-refractivity contribution in [2.24, 2.45) is 0 Å². The molecule has 2 aromatic carbocycles. The van der Waals surface area contributed by atoms with Crippen LogP contribution >= 0.6 is 0 Å². The average Bonchev–Trinajstić information content (AvgIpc) is 3.45. The molecule has 0 spiro atoms. The number of hydrogen-bond donors (Lipinski definition) is 1. The van der Waals surface area contributed by atoms with E-state index in [1.54, 1.807) is 48.8 Å². The van der Waals surface area contributed by atoms with E-state index in [1.165, 1.54) is 4.90 Å². The number of aliphatic hydroxyl groups excluding tert-OH is 1. The van der Waals surface area contributed by atoms with E-state index in [2.05, 4.69) is 11.9 Å². The molecule has 1 saturated heterocycles. The van der Waals surface area contributed by atoms with Crippen LogP contribution in [0.2, 0.25) is 0 Å². The number of carbonyl (C=O) groups is 2. The van der Waals surface area contributed by atoms with Crippen LogP contribution in [0.25, 0.3) is 5.76 Å². The predicted octanol–water partition coefficient (Wildman–Crippen LogP) is 5.60. The minimum absolute atomic E-state index is 0.0352. The molecule has 2 atom stereocenters. The number of ketones is 1. The molecule has 3 aromatic rings. The lowest BCUT2D eigenvalue weighted by Gasteiger charge is -2.26. The number of unbranched alkanes of at least 4 members (excludes halogenated alkanes) is 1. The van der Waals surface area contributed by atoms with Gasteiger partial charge in [-0.15, -0.1) is 0 Å². The number of carbonyl (C=O) groups excluding carboxylic acids is 2. The monoisotopic (exact) mass is 542 g/mol. The van der Waals surface area contributed by atoms with Crippen molar-refractivity contribution in [3.8, 4) is 17.2 Å². The molecule has 2 aliphatic rings. The Morgan fingerprint density at radius 1 is 1.05 bits per heavy atom. The van der Waals surface area contributed by atoms with Crippen molar-refractivity contribution < 1.29 is 28.9 Å². The smallest absolute Gasteiger partial charge is 0.295 e. The fraction of sp³-hybridized carbons (Fsp3) is 0.344. The van der Waals surface area contributed by atoms with Gasteiger partial charge in [0, 0.05) is 30.9 Å². The summed E-state index contributed by atoms with van der Waals surface area (Å²) in [6.45, 7) is 7.10. The molecular formula is C32H34N2O6. The molecule has 3 heterocycles. The number of fused-ring (bicyclic) bond motifs is 1. The first-order chi connectivity index (χ1) is 19.4. The highest BCUT2D eigenvalue weighted by Gasteiger charge is 2.46. The zero-order valence-electron chi connectivity index (χ0n) is 23.1. The van der Waals surface area contributed by atoms with Gasteiger partial charge in [0.2, 0.25) is 0 Å². The zero-order chi connectivity index (χ0) is 28.2. The minimum Gasteiger partial charge on any atom is -0.507 e. The van der Waals surface area contributed by atoms with Gasteiger partial charge in [0.15, 0.2) is 11.5 Å². The van der Waals surface area contributed by atoms with E-state index >= 15 is 0 Å². The Bertz CT molecular complexity index is 1430. The first kappa shape index (κ1) is 27.2. The normalized spacial score (nSPS) is 19.4. The number of hydrogen-bond acceptors (Lipinski definition) is 7. The molecule has 5 rings (SSSR count). The summed E-state index contributed by atoms with van der Waals surface area (Å²) in [5, 5.41) is 11.6. The Balaban J connectivity index is 1.61. The summed E-state index contributed by atoms with van der Waals surface area (Å²) in [5.41, 5.74) is 2.90. The molecule has 0 unspecified atom stereocenters. The topological polar surface area (TPSA) is 98.2 Å². The lowest BCUT2D eigenvalue weighted by atomic mass is 9.94. The summed E-state index contributed by atoms with van der Waals surface area (Å²) >= 11 is 0. The fourth-order valence-corrected chi connectivity index (χ4v) is 5.21. The fourth-order valence-electron chi connectivity index (χ4n) is 5.21. The number of nitrogens with zero attached hydrogens (tertiary/aromatic N) is 2. The van der Waals surface area contributed by atoms with Gasteiger partial charge in [-0.2, -0.15) is 0 Å². The zero-order valence-corrected chi connectivity index (χ0v) is 23.1. The third-order valence-electron chi connectivity index (χ3n) is 7.15. The van der Waals surface area contributed by atoms with Gasteiger partial charge >= 0.3 is 0 Å². The van der Waals surface area contributed by atoms with Crippen LogP contribution < -0.4 is 14.2 Å². The molecule has 0 aliphatic carbocycles. The lowest BCUT2D eigenvalue weighted by molar-refractivity contribution is -0.140. The van der Waals surface area contributed by atoms with Gasteiger partial charge in [0.05, 0.1) is 24.8 Å². The summed E-state index contributed by atoms with van der Waals surface area (Å²) in [5.74, 6) is 0.251. The number of pyridine rings is 1. The van der Waals surface area contributed by atoms with Gasteiger partial charge in [-0.3, -0.25) is 14.6 Å². The highest BCUT2D eigenvalue weighted by atomic mass is 16.5. The van der Waals surface area contributed by atoms with Crippen LogP contribution in [-0.2, 0) is 22.6 Å². The summed E-state index contributed by atoms with van der Waals surface area (Å²) in [6, 6.07) is 13.5. The molecule has 2 aliphatic heterocycles. The minimum atomic E-state index is -0.833. The molecule has 1 fully saturated rings. The number of aromatic nitrogens is 1. The Morgan fingerprint density at radius 3 is 2.60 bits per heavy atom. The van der Waals surface area contributed by atoms with E-state index in [9.17, 15) is 14.7 Å². The average molecular weight is 543 g/mol. The number of amides is 1. The maximum atomic E-state index is 13.5. The molecule has 1 aromatic heterocycles. The first-order valence-electron chi connectivity index (χ1n) is 13.8. The standard InChI is InChI=1S/C32H34N2O6/c1-4-6-15-39-26-10-7-22(18-27(26)38-5-2)29-28(30(35)23-8-9-25-24(17-23)16-20(3)40-25)31(36)32(37)34(29)19-21-11-13-33-14-12-21/h7-14,17-18,20,29,35H,4-6,15-16,19H2,1-3H3/b30-28+/t20-,29+/m0/s1. The summed E-state index contributed by atoms with van der Waals surface area (Å²) in [7, 11) is 0. The van der Waals surface area contributed by atoms with E-state index in [-0.39, 0.29) is 24.0 Å². The van der Waals surface area contributed by atoms with Crippen LogP contribution in [0, 0.1) is 0 Å². The summed E-state index contributed by atoms with van der Waals surface area (Å²) in [4.78, 5) is 32.6. The van der Waals surface area contributed by atoms with Crippen molar-refractivity contribution >= 4 is 17.4 Å². The molecule has 0 bridgehead atoms. The van der Waals surface area contributed by atoms with Crippen LogP contribution in [0.4, 0.5) is 0 Å². The van der Waals surface area contributed by atoms with E-state index < -0.39 is 17.7 Å². The molecular weight excluding hydrogens is 508 g/mol. The van der Waals surface area contributed by atoms with Crippen molar-refractivity contribution in [3.63, 3.8) is 0 Å². The van der Waals surface area contributed by atoms with Crippen molar-refractivity contribution in [2.45, 2.75) is 58.7 Å². The summed E-state index contributed by atoms with van der Waals surface area (Å²) in [6.07, 6.45) is 5.93. The Hall–Kier alpha value is -4.33. The SMILES string of the molecule is CCCCOc1ccc([C@@H]2/C(=C(\O)c3ccc4c(c3)C[C@H](C)O4)C(=O)C(=O)N2Cc2ccncc2)cc1OCC. The number of Topliss-reactive ketones (excluding diaryl/α,β-unsaturated/α-hetero) is 1. The number of ether oxygens (including phenoxy) is 3. The third-order valence-corrected chi connectivity index (χ3v) is 7.15. The molecule has 0 radical (unpaired) electrons. The first-order valence-corrected chi connectivity index (χ1v) is 13.8. The van der Waals surface area contributed by atoms with E-state index in [0.717, 1.165) is 29.7 Å². The number of likely N-dealkylation sites (tertiary alicyclic amines) is 1. The molecule has 40 heavy (non-hydrogen) atoms. The predicted molar refractivity (Wildman–Crippen MR) is 150 cm³/mol. The summed E-state index contributed by atoms with van der Waals surface area (Å²) < 4.78 is 17.7. The van der Waals surface area contributed by atoms with E-state index in [1.807, 2.05) is 26.0 Å². The number of aliphatic hydroxyl groups is 1. The second-order valence-corrected chi connectivity index (χ2v) is 10.1. The van der Waals surface area contributed by atoms with Gasteiger partial charge in [-0.25, -0.2) is 0 Å². The molecule has 0 saturated carbocycles. The Morgan fingerprint density at radius 2 is 1.85 bits per heavy atom. The number of rotatable bonds is 10. The highest BCUT2D eigenvalue weighted by Crippen LogP contribution is 2.43. The molecule has 1 N–H and O–H groups in total. The highest BCUT2D eigenvalue weighted by molar-refractivity contribution is 6.46. The quantitative estimate of drug-likeness (QED) is 0.154. The Kier molecular flexibility index (Phi) is 8.05. The van der Waals surface area contributed by atoms with Crippen LogP contribution in [0.15, 0.2) is 66.5 Å². The van der Waals surface area contributed by atoms with Crippen molar-refractivity contribution in [2.75, 3.05) is 13.2 Å². The maximum Gasteiger partial charge on any atom is 0.295 e. The maximum absolute atomic E-state index is 13.5. The van der Waals surface area contributed by atoms with Crippen molar-refractivity contribution in [3.05, 3.63) is 88.8 Å². The van der Waals surface area contributed by atoms with Crippen molar-refractivity contribution in [1.29, 1.82) is 0 Å². The van der Waals surface area contributed by atoms with Gasteiger partial charge in [-0.1, -0.05) is 19.4 Å². The lowest BCUT2D eigenvalue weighted by Crippen LogP contribution is -2.29. The van der Waals surface area contributed by atoms with Crippen LogP contribution in [0.5, 0.6) is 17.2 Å². The van der Waals surface area contributed by atoms with Gasteiger partial charge in [-0.05, 0) is 79.4 Å². The second kappa shape index (κ2) is 11.8. The van der Waals surface area contributed by atoms with E-state index in [4.69, 9.17) is 14.2 Å². The molecule has 1 amide bonds. The molecule has 8 nitrogen and oxygen atoms in total. The van der Waals surface area contributed by atoms with Crippen LogP contribution in [-0.4, -0.2) is 46.0 Å².